The molecule has 4 heteroatoms. The van der Waals surface area contributed by atoms with E-state index in [1.807, 2.05) is 19.1 Å². The summed E-state index contributed by atoms with van der Waals surface area (Å²) in [6.07, 6.45) is 2.10. The largest absolute Gasteiger partial charge is 0.324 e. The minimum Gasteiger partial charge on any atom is -0.324 e. The molecule has 2 nitrogen and oxygen atoms in total. The number of hydrogen-bond acceptors (Lipinski definition) is 2. The fraction of sp³-hybridized carbons (Fsp3) is 0.214. The van der Waals surface area contributed by atoms with Crippen LogP contribution in [0.15, 0.2) is 36.5 Å². The first-order valence-electron chi connectivity index (χ1n) is 5.69. The monoisotopic (exact) mass is 248 g/mol. The standard InChI is InChI=1S/C14H14F2N2/c1-9-5-6-10(18-8-9)7-13(17)11-3-2-4-12(15)14(11)16/h2-6,8,13H,7,17H2,1H3. The summed E-state index contributed by atoms with van der Waals surface area (Å²) in [5.74, 6) is -1.75. The Morgan fingerprint density at radius 2 is 2.00 bits per heavy atom. The van der Waals surface area contributed by atoms with E-state index in [1.165, 1.54) is 12.1 Å². The van der Waals surface area contributed by atoms with Crippen molar-refractivity contribution in [2.24, 2.45) is 5.73 Å². The predicted molar refractivity (Wildman–Crippen MR) is 66.0 cm³/mol. The van der Waals surface area contributed by atoms with Crippen LogP contribution in [0, 0.1) is 18.6 Å². The lowest BCUT2D eigenvalue weighted by molar-refractivity contribution is 0.487. The van der Waals surface area contributed by atoms with Crippen LogP contribution in [0.5, 0.6) is 0 Å². The maximum absolute atomic E-state index is 13.5. The van der Waals surface area contributed by atoms with Gasteiger partial charge in [0.05, 0.1) is 0 Å². The van der Waals surface area contributed by atoms with Crippen LogP contribution < -0.4 is 5.73 Å². The lowest BCUT2D eigenvalue weighted by Gasteiger charge is -2.12. The number of aromatic nitrogens is 1. The minimum atomic E-state index is -0.878. The fourth-order valence-electron chi connectivity index (χ4n) is 1.76. The molecular weight excluding hydrogens is 234 g/mol. The molecule has 18 heavy (non-hydrogen) atoms. The summed E-state index contributed by atoms with van der Waals surface area (Å²) in [5, 5.41) is 0. The van der Waals surface area contributed by atoms with Crippen LogP contribution in [0.1, 0.15) is 22.9 Å². The smallest absolute Gasteiger partial charge is 0.163 e. The average molecular weight is 248 g/mol. The first-order chi connectivity index (χ1) is 8.58. The Labute approximate surface area is 104 Å². The summed E-state index contributed by atoms with van der Waals surface area (Å²) in [5.41, 5.74) is 7.87. The van der Waals surface area contributed by atoms with Crippen LogP contribution >= 0.6 is 0 Å². The number of pyridine rings is 1. The molecular formula is C14H14F2N2. The van der Waals surface area contributed by atoms with Gasteiger partial charge in [0.25, 0.3) is 0 Å². The van der Waals surface area contributed by atoms with Gasteiger partial charge in [-0.25, -0.2) is 8.78 Å². The van der Waals surface area contributed by atoms with Crippen molar-refractivity contribution in [1.82, 2.24) is 4.98 Å². The van der Waals surface area contributed by atoms with Gasteiger partial charge in [0, 0.05) is 29.9 Å². The van der Waals surface area contributed by atoms with Crippen molar-refractivity contribution in [1.29, 1.82) is 0 Å². The topological polar surface area (TPSA) is 38.9 Å². The van der Waals surface area contributed by atoms with E-state index in [9.17, 15) is 8.78 Å². The minimum absolute atomic E-state index is 0.178. The molecule has 0 bridgehead atoms. The number of hydrogen-bond donors (Lipinski definition) is 1. The third-order valence-electron chi connectivity index (χ3n) is 2.78. The second-order valence-electron chi connectivity index (χ2n) is 4.28. The number of nitrogens with two attached hydrogens (primary N) is 1. The molecule has 1 heterocycles. The van der Waals surface area contributed by atoms with E-state index in [0.29, 0.717) is 6.42 Å². The highest BCUT2D eigenvalue weighted by Gasteiger charge is 2.15. The molecule has 0 fully saturated rings. The molecule has 0 spiro atoms. The van der Waals surface area contributed by atoms with Gasteiger partial charge in [-0.05, 0) is 24.6 Å². The molecule has 0 aliphatic carbocycles. The van der Waals surface area contributed by atoms with E-state index in [4.69, 9.17) is 5.73 Å². The Balaban J connectivity index is 2.19. The molecule has 1 aromatic carbocycles. The molecule has 0 aliphatic heterocycles. The second kappa shape index (κ2) is 5.23. The zero-order valence-corrected chi connectivity index (χ0v) is 10.0. The SMILES string of the molecule is Cc1ccc(CC(N)c2cccc(F)c2F)nc1. The lowest BCUT2D eigenvalue weighted by atomic mass is 10.0. The zero-order chi connectivity index (χ0) is 13.1. The third-order valence-corrected chi connectivity index (χ3v) is 2.78. The van der Waals surface area contributed by atoms with Crippen molar-refractivity contribution >= 4 is 0 Å². The lowest BCUT2D eigenvalue weighted by Crippen LogP contribution is -2.16. The van der Waals surface area contributed by atoms with E-state index < -0.39 is 17.7 Å². The third kappa shape index (κ3) is 2.71. The average Bonchev–Trinajstić information content (AvgIpc) is 2.35. The summed E-state index contributed by atoms with van der Waals surface area (Å²) in [6.45, 7) is 1.93. The van der Waals surface area contributed by atoms with Crippen LogP contribution in [-0.2, 0) is 6.42 Å². The van der Waals surface area contributed by atoms with Crippen molar-refractivity contribution in [2.45, 2.75) is 19.4 Å². The Kier molecular flexibility index (Phi) is 3.67. The van der Waals surface area contributed by atoms with Crippen LogP contribution in [0.4, 0.5) is 8.78 Å². The number of rotatable bonds is 3. The maximum Gasteiger partial charge on any atom is 0.163 e. The van der Waals surface area contributed by atoms with Gasteiger partial charge in [0.2, 0.25) is 0 Å². The van der Waals surface area contributed by atoms with Crippen molar-refractivity contribution in [3.8, 4) is 0 Å². The summed E-state index contributed by atoms with van der Waals surface area (Å²) in [7, 11) is 0. The number of benzene rings is 1. The molecule has 1 atom stereocenters. The highest BCUT2D eigenvalue weighted by atomic mass is 19.2. The highest BCUT2D eigenvalue weighted by molar-refractivity contribution is 5.24. The summed E-state index contributed by atoms with van der Waals surface area (Å²) in [6, 6.07) is 7.18. The van der Waals surface area contributed by atoms with E-state index in [2.05, 4.69) is 4.98 Å². The molecule has 1 aromatic heterocycles. The maximum atomic E-state index is 13.5. The van der Waals surface area contributed by atoms with Crippen molar-refractivity contribution in [2.75, 3.05) is 0 Å². The molecule has 1 unspecified atom stereocenters. The summed E-state index contributed by atoms with van der Waals surface area (Å²) < 4.78 is 26.6. The number of aryl methyl sites for hydroxylation is 1. The molecule has 2 aromatic rings. The van der Waals surface area contributed by atoms with Crippen molar-refractivity contribution in [3.05, 3.63) is 65.0 Å². The summed E-state index contributed by atoms with van der Waals surface area (Å²) >= 11 is 0. The number of nitrogens with zero attached hydrogens (tertiary/aromatic N) is 1. The normalized spacial score (nSPS) is 12.4. The van der Waals surface area contributed by atoms with Crippen LogP contribution in [0.2, 0.25) is 0 Å². The van der Waals surface area contributed by atoms with Gasteiger partial charge in [0.1, 0.15) is 0 Å². The molecule has 0 radical (unpaired) electrons. The molecule has 0 saturated carbocycles. The molecule has 0 saturated heterocycles. The Morgan fingerprint density at radius 1 is 1.22 bits per heavy atom. The van der Waals surface area contributed by atoms with Gasteiger partial charge in [-0.15, -0.1) is 0 Å². The first kappa shape index (κ1) is 12.6. The predicted octanol–water partition coefficient (Wildman–Crippen LogP) is 2.91. The van der Waals surface area contributed by atoms with Gasteiger partial charge >= 0.3 is 0 Å². The van der Waals surface area contributed by atoms with Crippen molar-refractivity contribution < 1.29 is 8.78 Å². The Hall–Kier alpha value is -1.81. The van der Waals surface area contributed by atoms with Gasteiger partial charge in [0.15, 0.2) is 11.6 Å². The first-order valence-corrected chi connectivity index (χ1v) is 5.69. The molecule has 2 rings (SSSR count). The van der Waals surface area contributed by atoms with Gasteiger partial charge in [-0.2, -0.15) is 0 Å². The zero-order valence-electron chi connectivity index (χ0n) is 10.0. The van der Waals surface area contributed by atoms with Crippen LogP contribution in [0.25, 0.3) is 0 Å². The van der Waals surface area contributed by atoms with Crippen LogP contribution in [0.3, 0.4) is 0 Å². The van der Waals surface area contributed by atoms with E-state index in [-0.39, 0.29) is 5.56 Å². The van der Waals surface area contributed by atoms with E-state index >= 15 is 0 Å². The Morgan fingerprint density at radius 3 is 2.67 bits per heavy atom. The van der Waals surface area contributed by atoms with E-state index in [0.717, 1.165) is 17.3 Å². The molecule has 0 aliphatic rings. The summed E-state index contributed by atoms with van der Waals surface area (Å²) in [4.78, 5) is 4.20. The number of halogens is 2. The fourth-order valence-corrected chi connectivity index (χ4v) is 1.76. The Bertz CT molecular complexity index is 538. The second-order valence-corrected chi connectivity index (χ2v) is 4.28. The van der Waals surface area contributed by atoms with Crippen LogP contribution in [-0.4, -0.2) is 4.98 Å². The molecule has 94 valence electrons. The van der Waals surface area contributed by atoms with Crippen molar-refractivity contribution in [3.63, 3.8) is 0 Å². The van der Waals surface area contributed by atoms with Gasteiger partial charge < -0.3 is 5.73 Å². The quantitative estimate of drug-likeness (QED) is 0.907. The molecule has 0 amide bonds. The molecule has 2 N–H and O–H groups in total. The van der Waals surface area contributed by atoms with Gasteiger partial charge in [-0.3, -0.25) is 4.98 Å². The van der Waals surface area contributed by atoms with Gasteiger partial charge in [-0.1, -0.05) is 18.2 Å². The van der Waals surface area contributed by atoms with E-state index in [1.54, 1.807) is 6.20 Å². The highest BCUT2D eigenvalue weighted by Crippen LogP contribution is 2.20.